The molecule has 0 amide bonds. The van der Waals surface area contributed by atoms with Crippen LogP contribution in [0.2, 0.25) is 5.02 Å². The molecule has 0 spiro atoms. The number of nitrogens with zero attached hydrogens (tertiary/aromatic N) is 3. The summed E-state index contributed by atoms with van der Waals surface area (Å²) in [7, 11) is 0. The maximum Gasteiger partial charge on any atom is 0.0814 e. The molecule has 0 atom stereocenters. The summed E-state index contributed by atoms with van der Waals surface area (Å²) in [5.74, 6) is 0. The predicted octanol–water partition coefficient (Wildman–Crippen LogP) is 2.15. The fourth-order valence-electron chi connectivity index (χ4n) is 0.928. The van der Waals surface area contributed by atoms with Crippen LogP contribution in [0.5, 0.6) is 0 Å². The third-order valence-electron chi connectivity index (χ3n) is 1.56. The molecule has 3 nitrogen and oxygen atoms in total. The van der Waals surface area contributed by atoms with Crippen molar-refractivity contribution >= 4 is 11.6 Å². The van der Waals surface area contributed by atoms with Crippen LogP contribution in [-0.4, -0.2) is 9.78 Å². The summed E-state index contributed by atoms with van der Waals surface area (Å²) in [6.45, 7) is 2.63. The Morgan fingerprint density at radius 2 is 2.50 bits per heavy atom. The molecule has 0 N–H and O–H groups in total. The van der Waals surface area contributed by atoms with Crippen LogP contribution in [0.25, 0.3) is 0 Å². The van der Waals surface area contributed by atoms with E-state index in [9.17, 15) is 0 Å². The minimum atomic E-state index is 0.566. The van der Waals surface area contributed by atoms with Crippen molar-refractivity contribution in [2.75, 3.05) is 0 Å². The van der Waals surface area contributed by atoms with Crippen LogP contribution in [0.15, 0.2) is 6.20 Å². The molecule has 0 fully saturated rings. The third-order valence-corrected chi connectivity index (χ3v) is 1.93. The number of hydrogen-bond donors (Lipinski definition) is 0. The Morgan fingerprint density at radius 3 is 3.00 bits per heavy atom. The first-order valence-corrected chi connectivity index (χ1v) is 4.18. The van der Waals surface area contributed by atoms with Crippen molar-refractivity contribution < 1.29 is 0 Å². The van der Waals surface area contributed by atoms with Crippen LogP contribution in [0.1, 0.15) is 18.5 Å². The Bertz CT molecular complexity index is 278. The summed E-state index contributed by atoms with van der Waals surface area (Å²) in [6.07, 6.45) is 3.18. The highest BCUT2D eigenvalue weighted by molar-refractivity contribution is 6.31. The molecule has 0 aliphatic carbocycles. The molecule has 0 saturated heterocycles. The Labute approximate surface area is 76.6 Å². The minimum absolute atomic E-state index is 0.566. The van der Waals surface area contributed by atoms with Crippen molar-refractivity contribution in [1.82, 2.24) is 9.78 Å². The number of aryl methyl sites for hydroxylation is 2. The largest absolute Gasteiger partial charge is 0.271 e. The zero-order chi connectivity index (χ0) is 8.97. The second-order valence-electron chi connectivity index (χ2n) is 2.59. The van der Waals surface area contributed by atoms with Crippen molar-refractivity contribution in [2.24, 2.45) is 0 Å². The summed E-state index contributed by atoms with van der Waals surface area (Å²) in [4.78, 5) is 0. The summed E-state index contributed by atoms with van der Waals surface area (Å²) in [5.41, 5.74) is 0.841. The van der Waals surface area contributed by atoms with Gasteiger partial charge in [-0.05, 0) is 13.3 Å². The van der Waals surface area contributed by atoms with E-state index in [1.54, 1.807) is 10.9 Å². The second kappa shape index (κ2) is 4.13. The van der Waals surface area contributed by atoms with E-state index in [2.05, 4.69) is 11.2 Å². The smallest absolute Gasteiger partial charge is 0.0814 e. The van der Waals surface area contributed by atoms with Gasteiger partial charge in [0.05, 0.1) is 16.8 Å². The molecule has 1 heterocycles. The maximum absolute atomic E-state index is 8.30. The van der Waals surface area contributed by atoms with E-state index in [0.717, 1.165) is 18.7 Å². The van der Waals surface area contributed by atoms with E-state index in [1.807, 2.05) is 6.92 Å². The molecule has 0 unspecified atom stereocenters. The molecule has 0 aliphatic rings. The number of aromatic nitrogens is 2. The van der Waals surface area contributed by atoms with E-state index in [0.29, 0.717) is 11.4 Å². The zero-order valence-corrected chi connectivity index (χ0v) is 7.67. The van der Waals surface area contributed by atoms with Gasteiger partial charge in [-0.3, -0.25) is 4.68 Å². The van der Waals surface area contributed by atoms with Crippen LogP contribution in [0, 0.1) is 18.3 Å². The number of rotatable bonds is 3. The molecule has 0 aromatic carbocycles. The Balaban J connectivity index is 2.48. The molecule has 1 rings (SSSR count). The summed E-state index contributed by atoms with van der Waals surface area (Å²) in [6, 6.07) is 2.09. The van der Waals surface area contributed by atoms with Crippen LogP contribution in [0.4, 0.5) is 0 Å². The van der Waals surface area contributed by atoms with E-state index < -0.39 is 0 Å². The highest BCUT2D eigenvalue weighted by Crippen LogP contribution is 2.12. The molecule has 0 aliphatic heterocycles. The molecular formula is C8H10ClN3. The third kappa shape index (κ3) is 2.24. The van der Waals surface area contributed by atoms with Gasteiger partial charge in [-0.2, -0.15) is 10.4 Å². The lowest BCUT2D eigenvalue weighted by molar-refractivity contribution is 0.582. The monoisotopic (exact) mass is 183 g/mol. The van der Waals surface area contributed by atoms with Crippen molar-refractivity contribution in [3.63, 3.8) is 0 Å². The first kappa shape index (κ1) is 9.08. The summed E-state index contributed by atoms with van der Waals surface area (Å²) >= 11 is 5.79. The lowest BCUT2D eigenvalue weighted by Crippen LogP contribution is -1.97. The standard InChI is InChI=1S/C8H10ClN3/c1-7-8(9)6-12(11-7)5-3-2-4-10/h6H,2-3,5H2,1H3. The number of unbranched alkanes of at least 4 members (excludes halogenated alkanes) is 1. The number of halogens is 1. The van der Waals surface area contributed by atoms with Gasteiger partial charge in [0, 0.05) is 19.2 Å². The van der Waals surface area contributed by atoms with Gasteiger partial charge in [-0.1, -0.05) is 11.6 Å². The van der Waals surface area contributed by atoms with E-state index in [1.165, 1.54) is 0 Å². The fraction of sp³-hybridized carbons (Fsp3) is 0.500. The van der Waals surface area contributed by atoms with Crippen molar-refractivity contribution in [3.8, 4) is 6.07 Å². The molecule has 0 saturated carbocycles. The Morgan fingerprint density at radius 1 is 1.75 bits per heavy atom. The Kier molecular flexibility index (Phi) is 3.12. The van der Waals surface area contributed by atoms with Gasteiger partial charge < -0.3 is 0 Å². The average Bonchev–Trinajstić information content (AvgIpc) is 2.32. The highest BCUT2D eigenvalue weighted by Gasteiger charge is 2.00. The maximum atomic E-state index is 8.30. The fourth-order valence-corrected chi connectivity index (χ4v) is 1.08. The predicted molar refractivity (Wildman–Crippen MR) is 46.8 cm³/mol. The lowest BCUT2D eigenvalue weighted by Gasteiger charge is -1.95. The molecule has 1 aromatic heterocycles. The normalized spacial score (nSPS) is 9.75. The first-order chi connectivity index (χ1) is 5.74. The van der Waals surface area contributed by atoms with E-state index in [4.69, 9.17) is 16.9 Å². The Hall–Kier alpha value is -1.01. The molecule has 1 aromatic rings. The average molecular weight is 184 g/mol. The van der Waals surface area contributed by atoms with Gasteiger partial charge in [0.1, 0.15) is 0 Å². The van der Waals surface area contributed by atoms with Crippen molar-refractivity contribution in [3.05, 3.63) is 16.9 Å². The summed E-state index contributed by atoms with van der Waals surface area (Å²) in [5, 5.41) is 13.1. The lowest BCUT2D eigenvalue weighted by atomic mass is 10.3. The topological polar surface area (TPSA) is 41.6 Å². The van der Waals surface area contributed by atoms with Gasteiger partial charge in [-0.25, -0.2) is 0 Å². The van der Waals surface area contributed by atoms with Crippen LogP contribution >= 0.6 is 11.6 Å². The van der Waals surface area contributed by atoms with Gasteiger partial charge in [-0.15, -0.1) is 0 Å². The first-order valence-electron chi connectivity index (χ1n) is 3.80. The van der Waals surface area contributed by atoms with E-state index in [-0.39, 0.29) is 0 Å². The molecule has 4 heteroatoms. The molecule has 64 valence electrons. The van der Waals surface area contributed by atoms with Crippen LogP contribution < -0.4 is 0 Å². The number of hydrogen-bond acceptors (Lipinski definition) is 2. The second-order valence-corrected chi connectivity index (χ2v) is 2.99. The quantitative estimate of drug-likeness (QED) is 0.674. The molecule has 0 bridgehead atoms. The molecule has 12 heavy (non-hydrogen) atoms. The number of nitriles is 1. The molecule has 0 radical (unpaired) electrons. The van der Waals surface area contributed by atoms with Crippen molar-refractivity contribution in [2.45, 2.75) is 26.3 Å². The van der Waals surface area contributed by atoms with Crippen LogP contribution in [-0.2, 0) is 6.54 Å². The zero-order valence-electron chi connectivity index (χ0n) is 6.92. The van der Waals surface area contributed by atoms with Gasteiger partial charge in [0.2, 0.25) is 0 Å². The minimum Gasteiger partial charge on any atom is -0.271 e. The van der Waals surface area contributed by atoms with Crippen LogP contribution in [0.3, 0.4) is 0 Å². The summed E-state index contributed by atoms with van der Waals surface area (Å²) < 4.78 is 1.77. The van der Waals surface area contributed by atoms with E-state index >= 15 is 0 Å². The van der Waals surface area contributed by atoms with Gasteiger partial charge >= 0.3 is 0 Å². The highest BCUT2D eigenvalue weighted by atomic mass is 35.5. The SMILES string of the molecule is Cc1nn(CCCC#N)cc1Cl. The van der Waals surface area contributed by atoms with Crippen molar-refractivity contribution in [1.29, 1.82) is 5.26 Å². The molecular weight excluding hydrogens is 174 g/mol. The van der Waals surface area contributed by atoms with Gasteiger partial charge in [0.15, 0.2) is 0 Å². The van der Waals surface area contributed by atoms with Gasteiger partial charge in [0.25, 0.3) is 0 Å².